The first kappa shape index (κ1) is 13.2. The van der Waals surface area contributed by atoms with Crippen LogP contribution < -0.4 is 0 Å². The molecule has 102 valence electrons. The number of rotatable bonds is 2. The normalized spacial score (nSPS) is 18.8. The zero-order valence-electron chi connectivity index (χ0n) is 10.9. The molecule has 0 amide bonds. The van der Waals surface area contributed by atoms with Gasteiger partial charge in [-0.05, 0) is 50.0 Å². The fourth-order valence-electron chi connectivity index (χ4n) is 2.93. The number of hydrogen-bond acceptors (Lipinski definition) is 2. The van der Waals surface area contributed by atoms with E-state index in [9.17, 15) is 0 Å². The minimum atomic E-state index is 0.364. The number of aromatic amines is 1. The summed E-state index contributed by atoms with van der Waals surface area (Å²) in [6.07, 6.45) is 2.19. The molecule has 3 nitrogen and oxygen atoms in total. The van der Waals surface area contributed by atoms with E-state index in [1.54, 1.807) is 0 Å². The third-order valence-electron chi connectivity index (χ3n) is 4.06. The van der Waals surface area contributed by atoms with Crippen LogP contribution in [0.5, 0.6) is 0 Å². The van der Waals surface area contributed by atoms with Gasteiger partial charge >= 0.3 is 0 Å². The summed E-state index contributed by atoms with van der Waals surface area (Å²) in [5.74, 6) is 0.610. The van der Waals surface area contributed by atoms with Crippen molar-refractivity contribution < 1.29 is 4.74 Å². The van der Waals surface area contributed by atoms with Gasteiger partial charge in [-0.2, -0.15) is 0 Å². The highest BCUT2D eigenvalue weighted by Gasteiger charge is 2.23. The Morgan fingerprint density at radius 1 is 1.42 bits per heavy atom. The summed E-state index contributed by atoms with van der Waals surface area (Å²) in [4.78, 5) is 3.23. The molecule has 1 aliphatic heterocycles. The van der Waals surface area contributed by atoms with Crippen molar-refractivity contribution in [2.24, 2.45) is 5.92 Å². The van der Waals surface area contributed by atoms with Gasteiger partial charge in [-0.3, -0.25) is 0 Å². The third kappa shape index (κ3) is 2.33. The molecule has 2 aromatic rings. The second-order valence-electron chi connectivity index (χ2n) is 5.12. The lowest BCUT2D eigenvalue weighted by Crippen LogP contribution is -2.24. The standard InChI is InChI=1S/C14H17ClN2OS/c1-9(10-5-7-18-8-6-10)17-12-4-2-3-11(15)13(12)16-14(17)19/h2-4,9-10H,5-8H2,1H3,(H,16,19). The molecule has 1 aromatic carbocycles. The number of benzene rings is 1. The van der Waals surface area contributed by atoms with E-state index in [2.05, 4.69) is 22.5 Å². The molecular weight excluding hydrogens is 280 g/mol. The maximum absolute atomic E-state index is 6.22. The van der Waals surface area contributed by atoms with Crippen molar-refractivity contribution in [3.63, 3.8) is 0 Å². The van der Waals surface area contributed by atoms with Gasteiger partial charge in [-0.1, -0.05) is 17.7 Å². The number of fused-ring (bicyclic) bond motifs is 1. The molecule has 3 rings (SSSR count). The number of H-pyrrole nitrogens is 1. The Labute approximate surface area is 122 Å². The Morgan fingerprint density at radius 3 is 2.89 bits per heavy atom. The summed E-state index contributed by atoms with van der Waals surface area (Å²) in [6.45, 7) is 3.94. The summed E-state index contributed by atoms with van der Waals surface area (Å²) in [7, 11) is 0. The molecule has 19 heavy (non-hydrogen) atoms. The van der Waals surface area contributed by atoms with Gasteiger partial charge in [-0.25, -0.2) is 0 Å². The van der Waals surface area contributed by atoms with E-state index in [0.29, 0.717) is 12.0 Å². The number of hydrogen-bond donors (Lipinski definition) is 1. The molecule has 0 radical (unpaired) electrons. The lowest BCUT2D eigenvalue weighted by molar-refractivity contribution is 0.0517. The first-order valence-corrected chi connectivity index (χ1v) is 7.43. The zero-order chi connectivity index (χ0) is 13.4. The molecule has 1 saturated heterocycles. The van der Waals surface area contributed by atoms with Crippen LogP contribution in [0.25, 0.3) is 11.0 Å². The predicted octanol–water partition coefficient (Wildman–Crippen LogP) is 4.34. The van der Waals surface area contributed by atoms with Crippen LogP contribution in [0.1, 0.15) is 25.8 Å². The minimum Gasteiger partial charge on any atom is -0.381 e. The van der Waals surface area contributed by atoms with Crippen molar-refractivity contribution in [1.82, 2.24) is 9.55 Å². The smallest absolute Gasteiger partial charge is 0.178 e. The molecule has 1 unspecified atom stereocenters. The molecule has 1 N–H and O–H groups in total. The van der Waals surface area contributed by atoms with Crippen molar-refractivity contribution >= 4 is 34.9 Å². The van der Waals surface area contributed by atoms with Gasteiger partial charge in [0.1, 0.15) is 0 Å². The zero-order valence-corrected chi connectivity index (χ0v) is 12.4. The summed E-state index contributed by atoms with van der Waals surface area (Å²) in [5, 5.41) is 0.724. The van der Waals surface area contributed by atoms with Crippen LogP contribution in [-0.2, 0) is 4.74 Å². The lowest BCUT2D eigenvalue weighted by atomic mass is 9.92. The number of halogens is 1. The van der Waals surface area contributed by atoms with Gasteiger partial charge in [0.25, 0.3) is 0 Å². The number of aromatic nitrogens is 2. The van der Waals surface area contributed by atoms with Crippen LogP contribution in [0, 0.1) is 10.7 Å². The Kier molecular flexibility index (Phi) is 3.65. The maximum Gasteiger partial charge on any atom is 0.178 e. The molecule has 0 spiro atoms. The van der Waals surface area contributed by atoms with Gasteiger partial charge in [0.15, 0.2) is 4.77 Å². The van der Waals surface area contributed by atoms with E-state index in [1.165, 1.54) is 0 Å². The second-order valence-corrected chi connectivity index (χ2v) is 5.92. The minimum absolute atomic E-state index is 0.364. The van der Waals surface area contributed by atoms with Gasteiger partial charge in [0.05, 0.1) is 16.1 Å². The molecule has 2 heterocycles. The number of nitrogens with one attached hydrogen (secondary N) is 1. The monoisotopic (exact) mass is 296 g/mol. The van der Waals surface area contributed by atoms with Gasteiger partial charge in [0.2, 0.25) is 0 Å². The summed E-state index contributed by atoms with van der Waals surface area (Å²) in [5.41, 5.74) is 2.03. The fourth-order valence-corrected chi connectivity index (χ4v) is 3.51. The highest BCUT2D eigenvalue weighted by Crippen LogP contribution is 2.32. The Balaban J connectivity index is 2.06. The van der Waals surface area contributed by atoms with Crippen LogP contribution >= 0.6 is 23.8 Å². The van der Waals surface area contributed by atoms with Crippen LogP contribution in [0.15, 0.2) is 18.2 Å². The van der Waals surface area contributed by atoms with Crippen molar-refractivity contribution in [3.05, 3.63) is 28.0 Å². The first-order valence-electron chi connectivity index (χ1n) is 6.65. The Hall–Kier alpha value is -0.840. The largest absolute Gasteiger partial charge is 0.381 e. The van der Waals surface area contributed by atoms with E-state index in [1.807, 2.05) is 12.1 Å². The average Bonchev–Trinajstić information content (AvgIpc) is 2.77. The van der Waals surface area contributed by atoms with Crippen LogP contribution in [0.3, 0.4) is 0 Å². The third-order valence-corrected chi connectivity index (χ3v) is 4.67. The van der Waals surface area contributed by atoms with Gasteiger partial charge in [0, 0.05) is 19.3 Å². The van der Waals surface area contributed by atoms with Crippen molar-refractivity contribution in [2.75, 3.05) is 13.2 Å². The van der Waals surface area contributed by atoms with E-state index < -0.39 is 0 Å². The van der Waals surface area contributed by atoms with E-state index in [4.69, 9.17) is 28.6 Å². The van der Waals surface area contributed by atoms with E-state index in [0.717, 1.165) is 46.9 Å². The number of ether oxygens (including phenoxy) is 1. The number of para-hydroxylation sites is 1. The average molecular weight is 297 g/mol. The SMILES string of the molecule is CC(C1CCOCC1)n1c(=S)[nH]c2c(Cl)cccc21. The molecule has 1 atom stereocenters. The second kappa shape index (κ2) is 5.27. The summed E-state index contributed by atoms with van der Waals surface area (Å²) in [6, 6.07) is 6.30. The molecular formula is C14H17ClN2OS. The van der Waals surface area contributed by atoms with E-state index >= 15 is 0 Å². The van der Waals surface area contributed by atoms with Crippen LogP contribution in [0.4, 0.5) is 0 Å². The highest BCUT2D eigenvalue weighted by atomic mass is 35.5. The maximum atomic E-state index is 6.22. The van der Waals surface area contributed by atoms with Crippen molar-refractivity contribution in [3.8, 4) is 0 Å². The van der Waals surface area contributed by atoms with Crippen LogP contribution in [0.2, 0.25) is 5.02 Å². The molecule has 1 aliphatic rings. The molecule has 0 saturated carbocycles. The molecule has 0 bridgehead atoms. The van der Waals surface area contributed by atoms with E-state index in [-0.39, 0.29) is 0 Å². The first-order chi connectivity index (χ1) is 9.18. The number of nitrogens with zero attached hydrogens (tertiary/aromatic N) is 1. The predicted molar refractivity (Wildman–Crippen MR) is 80.4 cm³/mol. The lowest BCUT2D eigenvalue weighted by Gasteiger charge is -2.29. The Bertz CT molecular complexity index is 642. The topological polar surface area (TPSA) is 29.9 Å². The molecule has 5 heteroatoms. The summed E-state index contributed by atoms with van der Waals surface area (Å²) >= 11 is 11.7. The van der Waals surface area contributed by atoms with Crippen molar-refractivity contribution in [1.29, 1.82) is 0 Å². The summed E-state index contributed by atoms with van der Waals surface area (Å²) < 4.78 is 8.39. The Morgan fingerprint density at radius 2 is 2.16 bits per heavy atom. The quantitative estimate of drug-likeness (QED) is 0.836. The number of imidazole rings is 1. The molecule has 0 aliphatic carbocycles. The fraction of sp³-hybridized carbons (Fsp3) is 0.500. The van der Waals surface area contributed by atoms with Gasteiger partial charge < -0.3 is 14.3 Å². The molecule has 1 aromatic heterocycles. The van der Waals surface area contributed by atoms with Crippen LogP contribution in [-0.4, -0.2) is 22.8 Å². The molecule has 1 fully saturated rings. The van der Waals surface area contributed by atoms with Gasteiger partial charge in [-0.15, -0.1) is 0 Å². The van der Waals surface area contributed by atoms with Crippen molar-refractivity contribution in [2.45, 2.75) is 25.8 Å². The highest BCUT2D eigenvalue weighted by molar-refractivity contribution is 7.71.